The maximum atomic E-state index is 11.8. The molecule has 0 unspecified atom stereocenters. The van der Waals surface area contributed by atoms with E-state index in [1.54, 1.807) is 12.3 Å². The quantitative estimate of drug-likeness (QED) is 0.776. The first-order valence-electron chi connectivity index (χ1n) is 7.99. The molecule has 3 rings (SSSR count). The molecule has 7 nitrogen and oxygen atoms in total. The number of aromatic nitrogens is 2. The molecule has 1 amide bonds. The Bertz CT molecular complexity index is 750. The number of nitrogens with zero attached hydrogens (tertiary/aromatic N) is 2. The zero-order valence-electron chi connectivity index (χ0n) is 13.7. The van der Waals surface area contributed by atoms with E-state index in [0.717, 1.165) is 5.56 Å². The molecule has 1 aliphatic rings. The zero-order valence-corrected chi connectivity index (χ0v) is 13.7. The minimum Gasteiger partial charge on any atom is -0.478 e. The van der Waals surface area contributed by atoms with E-state index in [0.29, 0.717) is 36.0 Å². The van der Waals surface area contributed by atoms with Gasteiger partial charge >= 0.3 is 0 Å². The molecule has 0 saturated heterocycles. The van der Waals surface area contributed by atoms with Crippen LogP contribution in [0.5, 0.6) is 5.75 Å². The lowest BCUT2D eigenvalue weighted by atomic mass is 10.1. The second-order valence-electron chi connectivity index (χ2n) is 5.76. The van der Waals surface area contributed by atoms with Gasteiger partial charge in [0.15, 0.2) is 6.10 Å². The summed E-state index contributed by atoms with van der Waals surface area (Å²) in [4.78, 5) is 20.2. The van der Waals surface area contributed by atoms with E-state index >= 15 is 0 Å². The van der Waals surface area contributed by atoms with Gasteiger partial charge in [-0.2, -0.15) is 0 Å². The van der Waals surface area contributed by atoms with Crippen LogP contribution in [0, 0.1) is 0 Å². The Balaban J connectivity index is 1.70. The molecule has 2 heterocycles. The van der Waals surface area contributed by atoms with Crippen LogP contribution in [0.3, 0.4) is 0 Å². The third-order valence-electron chi connectivity index (χ3n) is 3.99. The Morgan fingerprint density at radius 3 is 3.00 bits per heavy atom. The SMILES string of the molecule is CC[C@H]1Oc2cc([C@@H](C)NCc3nccc(N)n3)ccc2NC1=O. The van der Waals surface area contributed by atoms with Crippen LogP contribution in [0.15, 0.2) is 30.5 Å². The number of amides is 1. The third-order valence-corrected chi connectivity index (χ3v) is 3.99. The van der Waals surface area contributed by atoms with E-state index in [1.165, 1.54) is 0 Å². The number of carbonyl (C=O) groups is 1. The van der Waals surface area contributed by atoms with Crippen LogP contribution in [-0.2, 0) is 11.3 Å². The van der Waals surface area contributed by atoms with Crippen LogP contribution in [-0.4, -0.2) is 22.0 Å². The number of nitrogen functional groups attached to an aromatic ring is 1. The number of nitrogens with two attached hydrogens (primary N) is 1. The molecule has 0 fully saturated rings. The molecule has 0 spiro atoms. The third kappa shape index (κ3) is 3.46. The first-order chi connectivity index (χ1) is 11.6. The van der Waals surface area contributed by atoms with E-state index in [-0.39, 0.29) is 11.9 Å². The predicted octanol–water partition coefficient (Wildman–Crippen LogP) is 2.02. The van der Waals surface area contributed by atoms with Gasteiger partial charge in [-0.15, -0.1) is 0 Å². The highest BCUT2D eigenvalue weighted by atomic mass is 16.5. The van der Waals surface area contributed by atoms with Crippen molar-refractivity contribution < 1.29 is 9.53 Å². The second kappa shape index (κ2) is 6.84. The fraction of sp³-hybridized carbons (Fsp3) is 0.353. The van der Waals surface area contributed by atoms with Crippen molar-refractivity contribution >= 4 is 17.4 Å². The number of benzene rings is 1. The second-order valence-corrected chi connectivity index (χ2v) is 5.76. The highest BCUT2D eigenvalue weighted by Gasteiger charge is 2.26. The first kappa shape index (κ1) is 16.2. The lowest BCUT2D eigenvalue weighted by Gasteiger charge is -2.26. The van der Waals surface area contributed by atoms with E-state index in [1.807, 2.05) is 32.0 Å². The Kier molecular flexibility index (Phi) is 4.61. The van der Waals surface area contributed by atoms with Gasteiger partial charge in [-0.25, -0.2) is 9.97 Å². The molecule has 0 saturated carbocycles. The predicted molar refractivity (Wildman–Crippen MR) is 91.5 cm³/mol. The number of hydrogen-bond donors (Lipinski definition) is 3. The Morgan fingerprint density at radius 1 is 1.42 bits per heavy atom. The molecule has 126 valence electrons. The van der Waals surface area contributed by atoms with E-state index in [2.05, 4.69) is 20.6 Å². The number of rotatable bonds is 5. The van der Waals surface area contributed by atoms with Crippen molar-refractivity contribution in [2.75, 3.05) is 11.1 Å². The summed E-state index contributed by atoms with van der Waals surface area (Å²) in [5.41, 5.74) is 7.43. The summed E-state index contributed by atoms with van der Waals surface area (Å²) in [6.07, 6.45) is 1.84. The molecular formula is C17H21N5O2. The van der Waals surface area contributed by atoms with Gasteiger partial charge in [-0.3, -0.25) is 4.79 Å². The molecule has 1 aliphatic heterocycles. The van der Waals surface area contributed by atoms with Gasteiger partial charge in [0.2, 0.25) is 0 Å². The molecule has 1 aromatic heterocycles. The van der Waals surface area contributed by atoms with Crippen molar-refractivity contribution in [3.8, 4) is 5.75 Å². The van der Waals surface area contributed by atoms with Gasteiger partial charge in [0, 0.05) is 12.2 Å². The van der Waals surface area contributed by atoms with Crippen molar-refractivity contribution in [2.24, 2.45) is 0 Å². The van der Waals surface area contributed by atoms with Crippen LogP contribution in [0.2, 0.25) is 0 Å². The molecular weight excluding hydrogens is 306 g/mol. The van der Waals surface area contributed by atoms with Crippen LogP contribution in [0.1, 0.15) is 37.7 Å². The summed E-state index contributed by atoms with van der Waals surface area (Å²) in [6, 6.07) is 7.51. The maximum absolute atomic E-state index is 11.8. The highest BCUT2D eigenvalue weighted by Crippen LogP contribution is 2.33. The van der Waals surface area contributed by atoms with Gasteiger partial charge in [-0.05, 0) is 37.1 Å². The normalized spacial score (nSPS) is 17.6. The maximum Gasteiger partial charge on any atom is 0.265 e. The summed E-state index contributed by atoms with van der Waals surface area (Å²) in [6.45, 7) is 4.49. The molecule has 1 aromatic carbocycles. The van der Waals surface area contributed by atoms with Crippen molar-refractivity contribution in [3.05, 3.63) is 41.9 Å². The summed E-state index contributed by atoms with van der Waals surface area (Å²) in [7, 11) is 0. The van der Waals surface area contributed by atoms with Crippen molar-refractivity contribution in [3.63, 3.8) is 0 Å². The van der Waals surface area contributed by atoms with E-state index in [9.17, 15) is 4.79 Å². The van der Waals surface area contributed by atoms with Gasteiger partial charge < -0.3 is 21.1 Å². The molecule has 0 bridgehead atoms. The number of fused-ring (bicyclic) bond motifs is 1. The smallest absolute Gasteiger partial charge is 0.265 e. The summed E-state index contributed by atoms with van der Waals surface area (Å²) < 4.78 is 5.78. The molecule has 4 N–H and O–H groups in total. The Morgan fingerprint density at radius 2 is 2.25 bits per heavy atom. The highest BCUT2D eigenvalue weighted by molar-refractivity contribution is 5.97. The van der Waals surface area contributed by atoms with Crippen LogP contribution >= 0.6 is 0 Å². The molecule has 2 atom stereocenters. The van der Waals surface area contributed by atoms with Crippen molar-refractivity contribution in [1.82, 2.24) is 15.3 Å². The standard InChI is InChI=1S/C17H21N5O2/c1-3-13-17(23)21-12-5-4-11(8-14(12)24-13)10(2)20-9-16-19-7-6-15(18)22-16/h4-8,10,13,20H,3,9H2,1-2H3,(H,21,23)(H2,18,19,22)/t10-,13-/m1/s1. The zero-order chi connectivity index (χ0) is 17.1. The Hall–Kier alpha value is -2.67. The number of carbonyl (C=O) groups excluding carboxylic acids is 1. The number of ether oxygens (including phenoxy) is 1. The lowest BCUT2D eigenvalue weighted by molar-refractivity contribution is -0.123. The molecule has 0 radical (unpaired) electrons. The van der Waals surface area contributed by atoms with Crippen LogP contribution in [0.25, 0.3) is 0 Å². The fourth-order valence-corrected chi connectivity index (χ4v) is 2.56. The first-order valence-corrected chi connectivity index (χ1v) is 7.99. The lowest BCUT2D eigenvalue weighted by Crippen LogP contribution is -2.36. The van der Waals surface area contributed by atoms with Gasteiger partial charge in [0.25, 0.3) is 5.91 Å². The summed E-state index contributed by atoms with van der Waals surface area (Å²) >= 11 is 0. The van der Waals surface area contributed by atoms with Crippen molar-refractivity contribution in [2.45, 2.75) is 39.0 Å². The average molecular weight is 327 g/mol. The summed E-state index contributed by atoms with van der Waals surface area (Å²) in [5, 5.41) is 6.23. The van der Waals surface area contributed by atoms with E-state index in [4.69, 9.17) is 10.5 Å². The Labute approximate surface area is 140 Å². The minimum atomic E-state index is -0.434. The number of hydrogen-bond acceptors (Lipinski definition) is 6. The monoisotopic (exact) mass is 327 g/mol. The number of nitrogens with one attached hydrogen (secondary N) is 2. The van der Waals surface area contributed by atoms with Gasteiger partial charge in [0.05, 0.1) is 12.2 Å². The van der Waals surface area contributed by atoms with Crippen LogP contribution in [0.4, 0.5) is 11.5 Å². The molecule has 0 aliphatic carbocycles. The minimum absolute atomic E-state index is 0.0710. The van der Waals surface area contributed by atoms with Crippen LogP contribution < -0.4 is 21.1 Å². The average Bonchev–Trinajstić information content (AvgIpc) is 2.58. The largest absolute Gasteiger partial charge is 0.478 e. The summed E-state index contributed by atoms with van der Waals surface area (Å²) in [5.74, 6) is 1.71. The van der Waals surface area contributed by atoms with Crippen molar-refractivity contribution in [1.29, 1.82) is 0 Å². The molecule has 24 heavy (non-hydrogen) atoms. The topological polar surface area (TPSA) is 102 Å². The molecule has 2 aromatic rings. The van der Waals surface area contributed by atoms with Gasteiger partial charge in [-0.1, -0.05) is 13.0 Å². The molecule has 7 heteroatoms. The number of anilines is 2. The van der Waals surface area contributed by atoms with Gasteiger partial charge in [0.1, 0.15) is 17.4 Å². The van der Waals surface area contributed by atoms with E-state index < -0.39 is 6.10 Å². The fourth-order valence-electron chi connectivity index (χ4n) is 2.56.